The van der Waals surface area contributed by atoms with Crippen LogP contribution in [-0.2, 0) is 4.79 Å². The highest BCUT2D eigenvalue weighted by Gasteiger charge is 2.42. The first-order valence-corrected chi connectivity index (χ1v) is 7.90. The summed E-state index contributed by atoms with van der Waals surface area (Å²) < 4.78 is 20.4. The number of aliphatic hydroxyl groups is 1. The van der Waals surface area contributed by atoms with Crippen molar-refractivity contribution >= 4 is 5.91 Å². The number of carbonyl (C=O) groups is 1. The number of benzene rings is 1. The number of para-hydroxylation sites is 1. The molecule has 0 unspecified atom stereocenters. The second-order valence-electron chi connectivity index (χ2n) is 5.99. The van der Waals surface area contributed by atoms with Crippen molar-refractivity contribution in [3.05, 3.63) is 48.0 Å². The van der Waals surface area contributed by atoms with Crippen LogP contribution in [-0.4, -0.2) is 39.5 Å². The zero-order valence-corrected chi connectivity index (χ0v) is 13.4. The smallest absolute Gasteiger partial charge is 0.223 e. The zero-order chi connectivity index (χ0) is 17.1. The van der Waals surface area contributed by atoms with Crippen molar-refractivity contribution in [2.75, 3.05) is 6.61 Å². The number of hydrogen-bond acceptors (Lipinski definition) is 4. The van der Waals surface area contributed by atoms with Gasteiger partial charge < -0.3 is 15.2 Å². The van der Waals surface area contributed by atoms with Gasteiger partial charge in [-0.1, -0.05) is 12.1 Å². The molecule has 1 aliphatic carbocycles. The lowest BCUT2D eigenvalue weighted by molar-refractivity contribution is -0.125. The molecule has 7 heteroatoms. The van der Waals surface area contributed by atoms with Crippen molar-refractivity contribution in [1.29, 1.82) is 0 Å². The Kier molecular flexibility index (Phi) is 4.80. The van der Waals surface area contributed by atoms with E-state index in [1.165, 1.54) is 12.1 Å². The largest absolute Gasteiger partial charge is 0.490 e. The van der Waals surface area contributed by atoms with Crippen LogP contribution in [0.25, 0.3) is 0 Å². The number of nitrogens with zero attached hydrogens (tertiary/aromatic N) is 2. The fraction of sp³-hybridized carbons (Fsp3) is 0.412. The van der Waals surface area contributed by atoms with Crippen molar-refractivity contribution in [3.63, 3.8) is 0 Å². The molecular formula is C17H20FN3O3. The summed E-state index contributed by atoms with van der Waals surface area (Å²) in [4.78, 5) is 12.0. The van der Waals surface area contributed by atoms with Crippen LogP contribution in [0.2, 0.25) is 0 Å². The summed E-state index contributed by atoms with van der Waals surface area (Å²) in [6, 6.07) is 5.65. The van der Waals surface area contributed by atoms with E-state index in [0.717, 1.165) is 5.56 Å². The van der Waals surface area contributed by atoms with Gasteiger partial charge in [0.05, 0.1) is 37.4 Å². The first-order chi connectivity index (χ1) is 11.5. The van der Waals surface area contributed by atoms with E-state index in [4.69, 9.17) is 4.74 Å². The number of nitrogens with one attached hydrogen (secondary N) is 1. The van der Waals surface area contributed by atoms with Crippen molar-refractivity contribution in [1.82, 2.24) is 15.1 Å². The Balaban J connectivity index is 1.47. The third-order valence-electron chi connectivity index (χ3n) is 4.11. The standard InChI is InChI=1S/C17H20FN3O3/c1-11-9-19-21(10-11)17-13(8-14(17)22)20-16(23)6-7-24-15-5-3-2-4-12(15)18/h2-5,9-10,13-14,17,22H,6-8H2,1H3,(H,20,23)/t13-,14+,17+/m0/s1. The van der Waals surface area contributed by atoms with Crippen LogP contribution >= 0.6 is 0 Å². The molecule has 0 aliphatic heterocycles. The summed E-state index contributed by atoms with van der Waals surface area (Å²) in [6.07, 6.45) is 3.64. The molecule has 1 amide bonds. The van der Waals surface area contributed by atoms with Gasteiger partial charge in [-0.3, -0.25) is 9.48 Å². The summed E-state index contributed by atoms with van der Waals surface area (Å²) in [5.74, 6) is -0.513. The number of aromatic nitrogens is 2. The van der Waals surface area contributed by atoms with Crippen molar-refractivity contribution in [3.8, 4) is 5.75 Å². The quantitative estimate of drug-likeness (QED) is 0.842. The number of carbonyl (C=O) groups excluding carboxylic acids is 1. The SMILES string of the molecule is Cc1cnn([C@H]2[C@H](O)C[C@@H]2NC(=O)CCOc2ccccc2F)c1. The van der Waals surface area contributed by atoms with Crippen molar-refractivity contribution < 1.29 is 19.0 Å². The molecule has 1 aliphatic rings. The Morgan fingerprint density at radius 1 is 1.50 bits per heavy atom. The van der Waals surface area contributed by atoms with Crippen LogP contribution in [0.5, 0.6) is 5.75 Å². The summed E-state index contributed by atoms with van der Waals surface area (Å²) in [5.41, 5.74) is 0.998. The average molecular weight is 333 g/mol. The number of ether oxygens (including phenoxy) is 1. The minimum absolute atomic E-state index is 0.0909. The Hall–Kier alpha value is -2.41. The number of aliphatic hydroxyl groups excluding tert-OH is 1. The van der Waals surface area contributed by atoms with E-state index in [2.05, 4.69) is 10.4 Å². The molecule has 128 valence electrons. The molecule has 6 nitrogen and oxygen atoms in total. The van der Waals surface area contributed by atoms with E-state index in [0.29, 0.717) is 6.42 Å². The Morgan fingerprint density at radius 3 is 2.96 bits per heavy atom. The summed E-state index contributed by atoms with van der Waals surface area (Å²) in [6.45, 7) is 2.01. The third-order valence-corrected chi connectivity index (χ3v) is 4.11. The highest BCUT2D eigenvalue weighted by atomic mass is 19.1. The topological polar surface area (TPSA) is 76.4 Å². The van der Waals surface area contributed by atoms with Crippen molar-refractivity contribution in [2.24, 2.45) is 0 Å². The molecule has 3 rings (SSSR count). The molecule has 1 fully saturated rings. The predicted octanol–water partition coefficient (Wildman–Crippen LogP) is 1.59. The molecule has 0 bridgehead atoms. The highest BCUT2D eigenvalue weighted by Crippen LogP contribution is 2.32. The van der Waals surface area contributed by atoms with Gasteiger partial charge in [-0.15, -0.1) is 0 Å². The molecule has 2 N–H and O–H groups in total. The van der Waals surface area contributed by atoms with E-state index in [1.54, 1.807) is 23.0 Å². The minimum atomic E-state index is -0.524. The maximum absolute atomic E-state index is 13.4. The van der Waals surface area contributed by atoms with Crippen molar-refractivity contribution in [2.45, 2.75) is 38.0 Å². The maximum atomic E-state index is 13.4. The van der Waals surface area contributed by atoms with Crippen LogP contribution in [0.3, 0.4) is 0 Å². The number of amides is 1. The minimum Gasteiger partial charge on any atom is -0.490 e. The first kappa shape index (κ1) is 16.4. The van der Waals surface area contributed by atoms with Gasteiger partial charge in [0, 0.05) is 6.20 Å². The predicted molar refractivity (Wildman–Crippen MR) is 85.1 cm³/mol. The molecule has 0 radical (unpaired) electrons. The van der Waals surface area contributed by atoms with Gasteiger partial charge in [-0.05, 0) is 31.0 Å². The van der Waals surface area contributed by atoms with Crippen LogP contribution in [0.1, 0.15) is 24.4 Å². The number of rotatable bonds is 6. The van der Waals surface area contributed by atoms with Gasteiger partial charge >= 0.3 is 0 Å². The molecule has 0 spiro atoms. The highest BCUT2D eigenvalue weighted by molar-refractivity contribution is 5.76. The lowest BCUT2D eigenvalue weighted by Crippen LogP contribution is -2.56. The number of halogens is 1. The average Bonchev–Trinajstić information content (AvgIpc) is 2.94. The van der Waals surface area contributed by atoms with Gasteiger partial charge in [0.2, 0.25) is 5.91 Å². The second-order valence-corrected chi connectivity index (χ2v) is 5.99. The van der Waals surface area contributed by atoms with E-state index >= 15 is 0 Å². The first-order valence-electron chi connectivity index (χ1n) is 7.90. The summed E-state index contributed by atoms with van der Waals surface area (Å²) in [7, 11) is 0. The molecule has 0 saturated heterocycles. The summed E-state index contributed by atoms with van der Waals surface area (Å²) >= 11 is 0. The molecule has 1 aromatic carbocycles. The molecule has 1 aromatic heterocycles. The van der Waals surface area contributed by atoms with Gasteiger partial charge in [0.25, 0.3) is 0 Å². The molecule has 1 saturated carbocycles. The molecule has 2 aromatic rings. The van der Waals surface area contributed by atoms with Crippen LogP contribution in [0.15, 0.2) is 36.7 Å². The fourth-order valence-corrected chi connectivity index (χ4v) is 2.81. The van der Waals surface area contributed by atoms with Crippen LogP contribution in [0.4, 0.5) is 4.39 Å². The third kappa shape index (κ3) is 3.56. The fourth-order valence-electron chi connectivity index (χ4n) is 2.81. The second kappa shape index (κ2) is 7.00. The number of aryl methyl sites for hydroxylation is 1. The normalized spacial score (nSPS) is 22.7. The molecular weight excluding hydrogens is 313 g/mol. The van der Waals surface area contributed by atoms with Gasteiger partial charge in [0.15, 0.2) is 11.6 Å². The molecule has 3 atom stereocenters. The van der Waals surface area contributed by atoms with Gasteiger partial charge in [-0.25, -0.2) is 4.39 Å². The van der Waals surface area contributed by atoms with E-state index in [1.807, 2.05) is 13.1 Å². The number of hydrogen-bond donors (Lipinski definition) is 2. The zero-order valence-electron chi connectivity index (χ0n) is 13.4. The lowest BCUT2D eigenvalue weighted by Gasteiger charge is -2.41. The van der Waals surface area contributed by atoms with Gasteiger partial charge in [-0.2, -0.15) is 5.10 Å². The Morgan fingerprint density at radius 2 is 2.29 bits per heavy atom. The van der Waals surface area contributed by atoms with Crippen LogP contribution < -0.4 is 10.1 Å². The maximum Gasteiger partial charge on any atom is 0.223 e. The van der Waals surface area contributed by atoms with Crippen LogP contribution in [0, 0.1) is 12.7 Å². The van der Waals surface area contributed by atoms with E-state index in [9.17, 15) is 14.3 Å². The summed E-state index contributed by atoms with van der Waals surface area (Å²) in [5, 5.41) is 17.0. The lowest BCUT2D eigenvalue weighted by atomic mass is 9.83. The molecule has 1 heterocycles. The molecule has 24 heavy (non-hydrogen) atoms. The van der Waals surface area contributed by atoms with E-state index < -0.39 is 11.9 Å². The van der Waals surface area contributed by atoms with E-state index in [-0.39, 0.29) is 36.8 Å². The monoisotopic (exact) mass is 333 g/mol. The Bertz CT molecular complexity index is 719. The van der Waals surface area contributed by atoms with Gasteiger partial charge in [0.1, 0.15) is 0 Å². The Labute approximate surface area is 139 Å².